The summed E-state index contributed by atoms with van der Waals surface area (Å²) >= 11 is 0. The summed E-state index contributed by atoms with van der Waals surface area (Å²) in [4.78, 5) is 44.7. The fourth-order valence-corrected chi connectivity index (χ4v) is 3.91. The van der Waals surface area contributed by atoms with Gasteiger partial charge in [0.05, 0.1) is 18.6 Å². The van der Waals surface area contributed by atoms with Crippen molar-refractivity contribution in [2.24, 2.45) is 29.1 Å². The number of carboxylic acid groups (broad SMARTS) is 2. The molecule has 0 aromatic carbocycles. The van der Waals surface area contributed by atoms with E-state index in [0.717, 1.165) is 0 Å². The third kappa shape index (κ3) is 21.2. The molecule has 0 heterocycles. The van der Waals surface area contributed by atoms with Crippen molar-refractivity contribution in [1.29, 1.82) is 0 Å². The van der Waals surface area contributed by atoms with Crippen molar-refractivity contribution >= 4 is 23.9 Å². The second-order valence-corrected chi connectivity index (χ2v) is 11.4. The van der Waals surface area contributed by atoms with E-state index < -0.39 is 17.4 Å². The topological polar surface area (TPSA) is 127 Å². The number of ether oxygens (including phenoxy) is 2. The van der Waals surface area contributed by atoms with Crippen molar-refractivity contribution in [3.63, 3.8) is 0 Å². The highest BCUT2D eigenvalue weighted by Gasteiger charge is 2.39. The molecule has 0 rings (SSSR count). The van der Waals surface area contributed by atoms with Crippen molar-refractivity contribution in [2.45, 2.75) is 113 Å². The van der Waals surface area contributed by atoms with Gasteiger partial charge in [0.15, 0.2) is 0 Å². The van der Waals surface area contributed by atoms with Crippen LogP contribution in [0.25, 0.3) is 0 Å². The lowest BCUT2D eigenvalue weighted by atomic mass is 9.71. The molecule has 8 heteroatoms. The lowest BCUT2D eigenvalue weighted by Crippen LogP contribution is -2.34. The summed E-state index contributed by atoms with van der Waals surface area (Å²) in [6, 6.07) is 0. The first-order valence-corrected chi connectivity index (χ1v) is 13.4. The van der Waals surface area contributed by atoms with Gasteiger partial charge < -0.3 is 19.7 Å². The Bertz CT molecular complexity index is 601. The van der Waals surface area contributed by atoms with Gasteiger partial charge in [0.25, 0.3) is 0 Å². The molecule has 0 aliphatic carbocycles. The second kappa shape index (κ2) is 20.0. The van der Waals surface area contributed by atoms with E-state index in [0.29, 0.717) is 88.3 Å². The van der Waals surface area contributed by atoms with Crippen molar-refractivity contribution in [1.82, 2.24) is 0 Å². The molecule has 212 valence electrons. The molecule has 36 heavy (non-hydrogen) atoms. The Labute approximate surface area is 218 Å². The molecular weight excluding hydrogens is 464 g/mol. The molecule has 0 aromatic rings. The second-order valence-electron chi connectivity index (χ2n) is 11.4. The first-order valence-electron chi connectivity index (χ1n) is 13.4. The number of carbonyl (C=O) groups excluding carboxylic acids is 2. The highest BCUT2D eigenvalue weighted by molar-refractivity contribution is 5.75. The van der Waals surface area contributed by atoms with Crippen LogP contribution in [0.15, 0.2) is 0 Å². The molecule has 0 atom stereocenters. The predicted molar refractivity (Wildman–Crippen MR) is 141 cm³/mol. The normalized spacial score (nSPS) is 11.4. The largest absolute Gasteiger partial charge is 0.481 e. The molecule has 0 saturated heterocycles. The van der Waals surface area contributed by atoms with E-state index in [1.165, 1.54) is 0 Å². The Morgan fingerprint density at radius 3 is 1.28 bits per heavy atom. The minimum Gasteiger partial charge on any atom is -0.481 e. The summed E-state index contributed by atoms with van der Waals surface area (Å²) in [6.45, 7) is 17.0. The molecule has 0 fully saturated rings. The SMILES string of the molecule is CC(C)CC(CCCC(=O)O)(CC(C)C)C(=O)O.CC(C)COC(=O)CCCCC(=O)OCC(C)C. The van der Waals surface area contributed by atoms with Gasteiger partial charge in [-0.3, -0.25) is 19.2 Å². The van der Waals surface area contributed by atoms with Crippen LogP contribution in [-0.2, 0) is 28.7 Å². The van der Waals surface area contributed by atoms with Crippen LogP contribution in [-0.4, -0.2) is 47.3 Å². The molecule has 0 aromatic heterocycles. The Balaban J connectivity index is 0. The number of hydrogen-bond donors (Lipinski definition) is 2. The lowest BCUT2D eigenvalue weighted by molar-refractivity contribution is -0.152. The van der Waals surface area contributed by atoms with E-state index in [2.05, 4.69) is 0 Å². The minimum absolute atomic E-state index is 0.0468. The number of carbonyl (C=O) groups is 4. The lowest BCUT2D eigenvalue weighted by Gasteiger charge is -2.32. The van der Waals surface area contributed by atoms with Gasteiger partial charge in [0.2, 0.25) is 0 Å². The van der Waals surface area contributed by atoms with Crippen LogP contribution in [0.1, 0.15) is 113 Å². The number of hydrogen-bond acceptors (Lipinski definition) is 6. The van der Waals surface area contributed by atoms with E-state index in [1.807, 2.05) is 55.4 Å². The maximum atomic E-state index is 11.6. The monoisotopic (exact) mass is 516 g/mol. The standard InChI is InChI=1S/2C14H26O4/c1-10(2)8-14(13(17)18,9-11(3)4)7-5-6-12(15)16;1-11(2)9-17-13(15)7-5-6-8-14(16)18-10-12(3)4/h10-11H,5-9H2,1-4H3,(H,15,16)(H,17,18);11-12H,5-10H2,1-4H3. The molecule has 0 unspecified atom stereocenters. The summed E-state index contributed by atoms with van der Waals surface area (Å²) in [6.07, 6.45) is 4.26. The molecule has 0 bridgehead atoms. The molecule has 2 N–H and O–H groups in total. The summed E-state index contributed by atoms with van der Waals surface area (Å²) < 4.78 is 10.1. The maximum absolute atomic E-state index is 11.6. The Hall–Kier alpha value is -2.12. The third-order valence-corrected chi connectivity index (χ3v) is 5.26. The van der Waals surface area contributed by atoms with Gasteiger partial charge in [-0.05, 0) is 62.2 Å². The number of unbranched alkanes of at least 4 members (excludes halogenated alkanes) is 1. The molecule has 0 aliphatic heterocycles. The van der Waals surface area contributed by atoms with E-state index in [9.17, 15) is 24.3 Å². The van der Waals surface area contributed by atoms with Crippen molar-refractivity contribution in [3.8, 4) is 0 Å². The Morgan fingerprint density at radius 1 is 0.611 bits per heavy atom. The van der Waals surface area contributed by atoms with Crippen LogP contribution >= 0.6 is 0 Å². The molecule has 8 nitrogen and oxygen atoms in total. The van der Waals surface area contributed by atoms with Gasteiger partial charge in [-0.2, -0.15) is 0 Å². The average molecular weight is 517 g/mol. The first kappa shape index (κ1) is 36.0. The summed E-state index contributed by atoms with van der Waals surface area (Å²) in [5.74, 6) is -0.688. The molecular formula is C28H52O8. The smallest absolute Gasteiger partial charge is 0.309 e. The number of esters is 2. The van der Waals surface area contributed by atoms with E-state index in [1.54, 1.807) is 0 Å². The average Bonchev–Trinajstić information content (AvgIpc) is 2.72. The zero-order valence-corrected chi connectivity index (χ0v) is 23.9. The van der Waals surface area contributed by atoms with E-state index in [4.69, 9.17) is 14.6 Å². The van der Waals surface area contributed by atoms with Crippen LogP contribution < -0.4 is 0 Å². The van der Waals surface area contributed by atoms with Crippen LogP contribution in [0.5, 0.6) is 0 Å². The van der Waals surface area contributed by atoms with Crippen molar-refractivity contribution < 1.29 is 38.9 Å². The predicted octanol–water partition coefficient (Wildman–Crippen LogP) is 6.35. The molecule has 0 amide bonds. The number of carboxylic acids is 2. The van der Waals surface area contributed by atoms with Gasteiger partial charge in [0.1, 0.15) is 0 Å². The Kier molecular flexibility index (Phi) is 20.0. The molecule has 0 radical (unpaired) electrons. The molecule has 0 spiro atoms. The quantitative estimate of drug-likeness (QED) is 0.159. The van der Waals surface area contributed by atoms with Crippen LogP contribution in [0.3, 0.4) is 0 Å². The van der Waals surface area contributed by atoms with Crippen molar-refractivity contribution in [2.75, 3.05) is 13.2 Å². The Morgan fingerprint density at radius 2 is 1.00 bits per heavy atom. The van der Waals surface area contributed by atoms with Gasteiger partial charge in [-0.1, -0.05) is 55.4 Å². The minimum atomic E-state index is -0.858. The van der Waals surface area contributed by atoms with E-state index >= 15 is 0 Å². The zero-order chi connectivity index (χ0) is 28.3. The first-order chi connectivity index (χ1) is 16.6. The van der Waals surface area contributed by atoms with Crippen molar-refractivity contribution in [3.05, 3.63) is 0 Å². The summed E-state index contributed by atoms with van der Waals surface area (Å²) in [5.41, 5.74) is -0.766. The van der Waals surface area contributed by atoms with E-state index in [-0.39, 0.29) is 18.4 Å². The third-order valence-electron chi connectivity index (χ3n) is 5.26. The number of aliphatic carboxylic acids is 2. The molecule has 0 saturated carbocycles. The highest BCUT2D eigenvalue weighted by atomic mass is 16.5. The molecule has 0 aliphatic rings. The fourth-order valence-electron chi connectivity index (χ4n) is 3.91. The summed E-state index contributed by atoms with van der Waals surface area (Å²) in [5, 5.41) is 18.2. The van der Waals surface area contributed by atoms with Crippen LogP contribution in [0, 0.1) is 29.1 Å². The maximum Gasteiger partial charge on any atom is 0.309 e. The fraction of sp³-hybridized carbons (Fsp3) is 0.857. The van der Waals surface area contributed by atoms with Gasteiger partial charge in [-0.15, -0.1) is 0 Å². The van der Waals surface area contributed by atoms with Gasteiger partial charge >= 0.3 is 23.9 Å². The van der Waals surface area contributed by atoms with Crippen LogP contribution in [0.2, 0.25) is 0 Å². The van der Waals surface area contributed by atoms with Crippen LogP contribution in [0.4, 0.5) is 0 Å². The zero-order valence-electron chi connectivity index (χ0n) is 23.9. The van der Waals surface area contributed by atoms with Gasteiger partial charge in [-0.25, -0.2) is 0 Å². The highest BCUT2D eigenvalue weighted by Crippen LogP contribution is 2.39. The van der Waals surface area contributed by atoms with Gasteiger partial charge in [0, 0.05) is 19.3 Å². The summed E-state index contributed by atoms with van der Waals surface area (Å²) in [7, 11) is 0. The number of rotatable bonds is 18.